The molecule has 11 N–H and O–H groups in total. The fraction of sp³-hybridized carbons (Fsp3) is 0.333. The van der Waals surface area contributed by atoms with Crippen LogP contribution in [0.2, 0.25) is 0 Å². The van der Waals surface area contributed by atoms with E-state index in [1.54, 1.807) is 23.8 Å². The number of nitrogens with zero attached hydrogens (tertiary/aromatic N) is 4. The number of hydrogen-bond acceptors (Lipinski definition) is 11. The van der Waals surface area contributed by atoms with Crippen molar-refractivity contribution in [2.75, 3.05) is 33.0 Å². The molecule has 68 heavy (non-hydrogen) atoms. The Labute approximate surface area is 407 Å². The van der Waals surface area contributed by atoms with Gasteiger partial charge in [-0.2, -0.15) is 0 Å². The van der Waals surface area contributed by atoms with E-state index >= 15 is 0 Å². The van der Waals surface area contributed by atoms with Gasteiger partial charge in [-0.15, -0.1) is 0 Å². The van der Waals surface area contributed by atoms with Crippen molar-refractivity contribution in [1.82, 2.24) is 14.5 Å². The van der Waals surface area contributed by atoms with Gasteiger partial charge in [0.25, 0.3) is 12.0 Å². The maximum atomic E-state index is 13.7. The average molecular weight is 942 g/mol. The number of rotatable bonds is 14. The van der Waals surface area contributed by atoms with E-state index in [1.165, 1.54) is 30.5 Å². The van der Waals surface area contributed by atoms with Gasteiger partial charge < -0.3 is 48.0 Å². The maximum Gasteiger partial charge on any atom is 0.290 e. The number of unbranched alkanes of at least 4 members (excludes halogenated alkanes) is 3. The quantitative estimate of drug-likeness (QED) is 0.0202. The van der Waals surface area contributed by atoms with Crippen LogP contribution in [0.1, 0.15) is 89.0 Å². The average Bonchev–Trinajstić information content (AvgIpc) is 3.67. The lowest BCUT2D eigenvalue weighted by Crippen LogP contribution is -2.24. The number of aromatic nitrogens is 2. The van der Waals surface area contributed by atoms with Crippen LogP contribution in [-0.4, -0.2) is 59.5 Å². The summed E-state index contributed by atoms with van der Waals surface area (Å²) in [5.74, 6) is -0.489. The molecule has 0 saturated heterocycles. The van der Waals surface area contributed by atoms with Crippen LogP contribution in [0.25, 0.3) is 22.3 Å². The molecule has 3 heterocycles. The number of benzene rings is 2. The van der Waals surface area contributed by atoms with Crippen LogP contribution in [0.15, 0.2) is 152 Å². The summed E-state index contributed by atoms with van der Waals surface area (Å²) in [6, 6.07) is 17.0. The Bertz CT molecular complexity index is 2170. The Kier molecular flexibility index (Phi) is 43.3. The Hall–Kier alpha value is -7.19. The number of anilines is 1. The van der Waals surface area contributed by atoms with E-state index in [0.717, 1.165) is 71.5 Å². The molecular formula is C54H84FN9O4. The number of halogens is 1. The highest BCUT2D eigenvalue weighted by Crippen LogP contribution is 2.33. The summed E-state index contributed by atoms with van der Waals surface area (Å²) in [4.78, 5) is 32.0. The molecule has 0 atom stereocenters. The molecule has 5 rings (SSSR count). The van der Waals surface area contributed by atoms with Crippen molar-refractivity contribution in [3.05, 3.63) is 180 Å². The van der Waals surface area contributed by atoms with E-state index in [1.807, 2.05) is 90.2 Å². The number of nitrogen functional groups attached to an aromatic ring is 1. The van der Waals surface area contributed by atoms with Gasteiger partial charge in [-0.05, 0) is 88.0 Å². The second-order valence-electron chi connectivity index (χ2n) is 13.9. The standard InChI is InChI=1S/C18H16FN3O2.C16H27N3.C7H8.C4H9N.2C2H5N.2C2H6.CH2O2/c1-9-3-16-17-11(7-22(16)18(23)12(9)8-24-2)4-10-5-14(20)13(19)6-15(10)21-17;1-5-6-11-16(3)19(4)13-10-8-7-9-12-18-14-15(2)17;1-7-5-3-2-4-6-7;1-3-4(2)5;2*1-2-3;2*1-2;2-1-3/h3-6H,7-8,20H2,1-2H3;5-6,11-12H,1-3,7-10,13-14,17H2,4H3;2-6H,1H3;2-3,5H2,1H3;2*2H,1,3H2;2*1-2H3;1H,(H,2,3)/b;11-6-,18-12?;;;;;;;. The van der Waals surface area contributed by atoms with Crippen LogP contribution in [0, 0.1) is 19.7 Å². The van der Waals surface area contributed by atoms with Crippen LogP contribution >= 0.6 is 0 Å². The van der Waals surface area contributed by atoms with Gasteiger partial charge in [-0.25, -0.2) is 9.37 Å². The molecule has 0 radical (unpaired) electrons. The molecule has 1 aliphatic rings. The van der Waals surface area contributed by atoms with Crippen molar-refractivity contribution < 1.29 is 19.0 Å². The number of likely N-dealkylation sites (N-methyl/N-ethyl adjacent to an activating group) is 1. The van der Waals surface area contributed by atoms with Gasteiger partial charge in [0.05, 0.1) is 42.3 Å². The SMILES string of the molecule is C=C(N)CC.C=C/C=C\C(=C)N(C)CCCCCC=NCC(=C)N.C=CN.C=CN.CC.CC.COCc1c(C)cc2n(c1=O)Cc1cc3cc(N)c(F)cc3nc1-2.Cc1ccccc1.O=CO. The van der Waals surface area contributed by atoms with Crippen LogP contribution < -0.4 is 34.2 Å². The van der Waals surface area contributed by atoms with Gasteiger partial charge in [0.1, 0.15) is 5.82 Å². The van der Waals surface area contributed by atoms with Crippen molar-refractivity contribution in [2.24, 2.45) is 27.9 Å². The van der Waals surface area contributed by atoms with Crippen LogP contribution in [0.5, 0.6) is 0 Å². The van der Waals surface area contributed by atoms with Gasteiger partial charge in [0, 0.05) is 60.4 Å². The first-order valence-corrected chi connectivity index (χ1v) is 22.4. The maximum absolute atomic E-state index is 13.7. The van der Waals surface area contributed by atoms with Crippen molar-refractivity contribution >= 4 is 29.3 Å². The van der Waals surface area contributed by atoms with E-state index in [-0.39, 0.29) is 24.3 Å². The fourth-order valence-electron chi connectivity index (χ4n) is 5.27. The predicted octanol–water partition coefficient (Wildman–Crippen LogP) is 10.7. The Morgan fingerprint density at radius 1 is 0.956 bits per heavy atom. The first kappa shape index (κ1) is 67.4. The summed E-state index contributed by atoms with van der Waals surface area (Å²) in [5.41, 5.74) is 33.6. The third-order valence-electron chi connectivity index (χ3n) is 8.56. The van der Waals surface area contributed by atoms with Gasteiger partial charge in [0.15, 0.2) is 0 Å². The summed E-state index contributed by atoms with van der Waals surface area (Å²) in [6.45, 7) is 36.9. The van der Waals surface area contributed by atoms with Crippen molar-refractivity contribution in [1.29, 1.82) is 0 Å². The molecule has 13 nitrogen and oxygen atoms in total. The smallest absolute Gasteiger partial charge is 0.290 e. The normalized spacial score (nSPS) is 9.62. The summed E-state index contributed by atoms with van der Waals surface area (Å²) < 4.78 is 20.6. The van der Waals surface area contributed by atoms with Crippen molar-refractivity contribution in [3.8, 4) is 11.4 Å². The molecule has 4 aromatic rings. The number of methoxy groups -OCH3 is 1. The first-order valence-electron chi connectivity index (χ1n) is 22.4. The number of hydrogen-bond donors (Lipinski definition) is 6. The predicted molar refractivity (Wildman–Crippen MR) is 292 cm³/mol. The van der Waals surface area contributed by atoms with E-state index in [4.69, 9.17) is 31.8 Å². The number of carboxylic acid groups (broad SMARTS) is 1. The van der Waals surface area contributed by atoms with Crippen LogP contribution in [0.3, 0.4) is 0 Å². The Morgan fingerprint density at radius 2 is 1.51 bits per heavy atom. The van der Waals surface area contributed by atoms with Gasteiger partial charge >= 0.3 is 0 Å². The summed E-state index contributed by atoms with van der Waals surface area (Å²) in [7, 11) is 3.63. The molecule has 0 unspecified atom stereocenters. The van der Waals surface area contributed by atoms with E-state index in [9.17, 15) is 9.18 Å². The van der Waals surface area contributed by atoms with Gasteiger partial charge in [0.2, 0.25) is 0 Å². The number of aliphatic imine (C=N–C) groups is 1. The monoisotopic (exact) mass is 942 g/mol. The lowest BCUT2D eigenvalue weighted by atomic mass is 10.1. The lowest BCUT2D eigenvalue weighted by molar-refractivity contribution is -0.122. The fourth-order valence-corrected chi connectivity index (χ4v) is 5.27. The lowest BCUT2D eigenvalue weighted by Gasteiger charge is -2.18. The molecule has 0 fully saturated rings. The minimum absolute atomic E-state index is 0.0698. The highest BCUT2D eigenvalue weighted by molar-refractivity contribution is 5.86. The zero-order valence-corrected chi connectivity index (χ0v) is 42.6. The molecular weight excluding hydrogens is 858 g/mol. The number of ether oxygens (including phenoxy) is 1. The molecule has 376 valence electrons. The molecule has 1 aliphatic heterocycles. The van der Waals surface area contributed by atoms with Gasteiger partial charge in [-0.3, -0.25) is 14.6 Å². The molecule has 14 heteroatoms. The zero-order valence-electron chi connectivity index (χ0n) is 42.6. The minimum Gasteiger partial charge on any atom is -0.483 e. The topological polar surface area (TPSA) is 227 Å². The third kappa shape index (κ3) is 30.1. The summed E-state index contributed by atoms with van der Waals surface area (Å²) >= 11 is 0. The molecule has 0 aliphatic carbocycles. The number of fused-ring (bicyclic) bond motifs is 4. The van der Waals surface area contributed by atoms with Crippen LogP contribution in [0.4, 0.5) is 10.1 Å². The molecule has 0 bridgehead atoms. The summed E-state index contributed by atoms with van der Waals surface area (Å²) in [6.07, 6.45) is 15.5. The molecule has 2 aromatic carbocycles. The molecule has 2 aromatic heterocycles. The molecule has 0 amide bonds. The Morgan fingerprint density at radius 3 is 1.99 bits per heavy atom. The number of allylic oxidation sites excluding steroid dienone is 4. The highest BCUT2D eigenvalue weighted by Gasteiger charge is 2.24. The first-order chi connectivity index (χ1) is 32.5. The highest BCUT2D eigenvalue weighted by atomic mass is 19.1. The van der Waals surface area contributed by atoms with Gasteiger partial charge in [-0.1, -0.05) is 129 Å². The van der Waals surface area contributed by atoms with Crippen LogP contribution in [-0.2, 0) is 22.7 Å². The second-order valence-corrected chi connectivity index (χ2v) is 13.9. The Balaban J connectivity index is -0.000000410. The minimum atomic E-state index is -0.489. The third-order valence-corrected chi connectivity index (χ3v) is 8.56. The van der Waals surface area contributed by atoms with E-state index in [0.29, 0.717) is 29.9 Å². The molecule has 0 saturated carbocycles. The number of nitrogens with two attached hydrogens (primary N) is 5. The van der Waals surface area contributed by atoms with Crippen molar-refractivity contribution in [3.63, 3.8) is 0 Å². The van der Waals surface area contributed by atoms with E-state index in [2.05, 4.69) is 91.9 Å². The largest absolute Gasteiger partial charge is 0.483 e. The number of aryl methyl sites for hydroxylation is 2. The second kappa shape index (κ2) is 43.7. The zero-order chi connectivity index (χ0) is 53.0. The number of carbonyl (C=O) groups is 1. The van der Waals surface area contributed by atoms with Crippen molar-refractivity contribution in [2.45, 2.75) is 93.7 Å². The van der Waals surface area contributed by atoms with E-state index < -0.39 is 5.82 Å². The molecule has 0 spiro atoms. The number of pyridine rings is 2. The summed E-state index contributed by atoms with van der Waals surface area (Å²) in [5, 5.41) is 7.65.